The number of fused-ring (bicyclic) bond motifs is 1. The molecule has 1 aliphatic heterocycles. The van der Waals surface area contributed by atoms with Crippen LogP contribution in [0.5, 0.6) is 0 Å². The first-order valence-corrected chi connectivity index (χ1v) is 10.1. The summed E-state index contributed by atoms with van der Waals surface area (Å²) in [6.45, 7) is 2.29. The van der Waals surface area contributed by atoms with Gasteiger partial charge in [0.15, 0.2) is 0 Å². The van der Waals surface area contributed by atoms with E-state index in [1.807, 2.05) is 24.3 Å². The number of carbonyl (C=O) groups is 1. The molecule has 1 amide bonds. The van der Waals surface area contributed by atoms with Gasteiger partial charge in [-0.1, -0.05) is 24.3 Å². The third-order valence-electron chi connectivity index (χ3n) is 4.21. The summed E-state index contributed by atoms with van der Waals surface area (Å²) in [6.07, 6.45) is 0.886. The number of amidine groups is 1. The first-order valence-electron chi connectivity index (χ1n) is 8.66. The highest BCUT2D eigenvalue weighted by Gasteiger charge is 2.30. The highest BCUT2D eigenvalue weighted by Crippen LogP contribution is 2.22. The number of nitrogens with two attached hydrogens (primary N) is 1. The SMILES string of the molecule is CC(CC(=O)NCCc1ccc(N)cc1)N=C1NS(=O)(=O)c2ccccc21. The number of nitrogens with zero attached hydrogens (tertiary/aromatic N) is 1. The molecule has 0 saturated heterocycles. The monoisotopic (exact) mass is 386 g/mol. The number of hydrogen-bond acceptors (Lipinski definition) is 5. The normalized spacial score (nSPS) is 17.1. The van der Waals surface area contributed by atoms with Crippen molar-refractivity contribution in [3.8, 4) is 0 Å². The Balaban J connectivity index is 1.54. The van der Waals surface area contributed by atoms with E-state index in [4.69, 9.17) is 5.73 Å². The van der Waals surface area contributed by atoms with Crippen LogP contribution in [0.25, 0.3) is 0 Å². The smallest absolute Gasteiger partial charge is 0.263 e. The summed E-state index contributed by atoms with van der Waals surface area (Å²) < 4.78 is 26.6. The zero-order chi connectivity index (χ0) is 19.4. The van der Waals surface area contributed by atoms with E-state index < -0.39 is 10.0 Å². The van der Waals surface area contributed by atoms with Gasteiger partial charge in [0.25, 0.3) is 10.0 Å². The second-order valence-corrected chi connectivity index (χ2v) is 8.12. The molecule has 3 rings (SSSR count). The van der Waals surface area contributed by atoms with Crippen LogP contribution in [-0.2, 0) is 21.2 Å². The summed E-state index contributed by atoms with van der Waals surface area (Å²) >= 11 is 0. The van der Waals surface area contributed by atoms with E-state index in [1.54, 1.807) is 25.1 Å². The molecule has 142 valence electrons. The van der Waals surface area contributed by atoms with Gasteiger partial charge in [0.1, 0.15) is 5.84 Å². The Morgan fingerprint density at radius 1 is 1.19 bits per heavy atom. The molecule has 4 N–H and O–H groups in total. The Morgan fingerprint density at radius 2 is 1.89 bits per heavy atom. The molecular weight excluding hydrogens is 364 g/mol. The first-order chi connectivity index (χ1) is 12.8. The minimum atomic E-state index is -3.57. The quantitative estimate of drug-likeness (QED) is 0.652. The van der Waals surface area contributed by atoms with Gasteiger partial charge in [0.05, 0.1) is 10.9 Å². The number of nitrogen functional groups attached to an aromatic ring is 1. The van der Waals surface area contributed by atoms with Crippen LogP contribution in [0.1, 0.15) is 24.5 Å². The number of hydrogen-bond donors (Lipinski definition) is 3. The molecule has 0 bridgehead atoms. The van der Waals surface area contributed by atoms with E-state index in [0.717, 1.165) is 5.56 Å². The van der Waals surface area contributed by atoms with Gasteiger partial charge in [0, 0.05) is 24.2 Å². The molecule has 0 radical (unpaired) electrons. The summed E-state index contributed by atoms with van der Waals surface area (Å²) in [7, 11) is -3.57. The van der Waals surface area contributed by atoms with Crippen LogP contribution in [0, 0.1) is 0 Å². The van der Waals surface area contributed by atoms with E-state index >= 15 is 0 Å². The van der Waals surface area contributed by atoms with Crippen LogP contribution in [0.2, 0.25) is 0 Å². The van der Waals surface area contributed by atoms with Gasteiger partial charge < -0.3 is 11.1 Å². The molecule has 7 nitrogen and oxygen atoms in total. The van der Waals surface area contributed by atoms with Crippen LogP contribution < -0.4 is 15.8 Å². The zero-order valence-electron chi connectivity index (χ0n) is 15.0. The number of anilines is 1. The summed E-state index contributed by atoms with van der Waals surface area (Å²) in [5, 5.41) is 2.86. The highest BCUT2D eigenvalue weighted by atomic mass is 32.2. The predicted molar refractivity (Wildman–Crippen MR) is 105 cm³/mol. The number of nitrogens with one attached hydrogen (secondary N) is 2. The molecule has 1 unspecified atom stereocenters. The number of carbonyl (C=O) groups excluding carboxylic acids is 1. The molecule has 0 aromatic heterocycles. The van der Waals surface area contributed by atoms with Crippen molar-refractivity contribution >= 4 is 27.5 Å². The summed E-state index contributed by atoms with van der Waals surface area (Å²) in [4.78, 5) is 16.7. The lowest BCUT2D eigenvalue weighted by atomic mass is 10.1. The van der Waals surface area contributed by atoms with Gasteiger partial charge in [-0.25, -0.2) is 8.42 Å². The second-order valence-electron chi connectivity index (χ2n) is 6.47. The maximum absolute atomic E-state index is 12.1. The fraction of sp³-hybridized carbons (Fsp3) is 0.263. The van der Waals surface area contributed by atoms with Crippen LogP contribution in [-0.4, -0.2) is 32.7 Å². The molecular formula is C19H22N4O3S. The molecule has 2 aromatic carbocycles. The average molecular weight is 386 g/mol. The van der Waals surface area contributed by atoms with Crippen molar-refractivity contribution in [2.24, 2.45) is 4.99 Å². The molecule has 1 atom stereocenters. The largest absolute Gasteiger partial charge is 0.399 e. The minimum Gasteiger partial charge on any atom is -0.399 e. The van der Waals surface area contributed by atoms with Crippen LogP contribution in [0.15, 0.2) is 58.4 Å². The van der Waals surface area contributed by atoms with Crippen molar-refractivity contribution in [3.63, 3.8) is 0 Å². The summed E-state index contributed by atoms with van der Waals surface area (Å²) in [6, 6.07) is 13.8. The summed E-state index contributed by atoms with van der Waals surface area (Å²) in [5.74, 6) is 0.157. The molecule has 0 aliphatic carbocycles. The Morgan fingerprint density at radius 3 is 2.63 bits per heavy atom. The van der Waals surface area contributed by atoms with Gasteiger partial charge in [0.2, 0.25) is 5.91 Å². The molecule has 1 aliphatic rings. The molecule has 0 saturated carbocycles. The molecule has 0 fully saturated rings. The van der Waals surface area contributed by atoms with Crippen molar-refractivity contribution in [1.29, 1.82) is 0 Å². The number of rotatable bonds is 6. The lowest BCUT2D eigenvalue weighted by molar-refractivity contribution is -0.121. The maximum atomic E-state index is 12.1. The molecule has 2 aromatic rings. The van der Waals surface area contributed by atoms with Gasteiger partial charge in [-0.15, -0.1) is 0 Å². The van der Waals surface area contributed by atoms with Crippen molar-refractivity contribution in [2.75, 3.05) is 12.3 Å². The predicted octanol–water partition coefficient (Wildman–Crippen LogP) is 1.44. The van der Waals surface area contributed by atoms with E-state index in [1.165, 1.54) is 6.07 Å². The van der Waals surface area contributed by atoms with Gasteiger partial charge >= 0.3 is 0 Å². The molecule has 8 heteroatoms. The second kappa shape index (κ2) is 7.79. The van der Waals surface area contributed by atoms with Gasteiger partial charge in [-0.05, 0) is 43.2 Å². The van der Waals surface area contributed by atoms with Gasteiger partial charge in [-0.3, -0.25) is 14.5 Å². The Bertz CT molecular complexity index is 969. The van der Waals surface area contributed by atoms with Crippen LogP contribution in [0.4, 0.5) is 5.69 Å². The number of sulfonamides is 1. The number of amides is 1. The third-order valence-corrected chi connectivity index (χ3v) is 5.61. The highest BCUT2D eigenvalue weighted by molar-refractivity contribution is 7.90. The van der Waals surface area contributed by atoms with Crippen molar-refractivity contribution < 1.29 is 13.2 Å². The minimum absolute atomic E-state index is 0.128. The van der Waals surface area contributed by atoms with E-state index in [9.17, 15) is 13.2 Å². The van der Waals surface area contributed by atoms with Crippen LogP contribution in [0.3, 0.4) is 0 Å². The number of benzene rings is 2. The van der Waals surface area contributed by atoms with Crippen molar-refractivity contribution in [3.05, 3.63) is 59.7 Å². The van der Waals surface area contributed by atoms with Crippen molar-refractivity contribution in [2.45, 2.75) is 30.7 Å². The van der Waals surface area contributed by atoms with E-state index in [0.29, 0.717) is 24.2 Å². The van der Waals surface area contributed by atoms with E-state index in [2.05, 4.69) is 15.0 Å². The zero-order valence-corrected chi connectivity index (χ0v) is 15.8. The number of aliphatic imine (C=N–C) groups is 1. The first kappa shape index (κ1) is 18.9. The van der Waals surface area contributed by atoms with Gasteiger partial charge in [-0.2, -0.15) is 0 Å². The maximum Gasteiger partial charge on any atom is 0.263 e. The lowest BCUT2D eigenvalue weighted by Gasteiger charge is -2.09. The van der Waals surface area contributed by atoms with E-state index in [-0.39, 0.29) is 29.1 Å². The fourth-order valence-electron chi connectivity index (χ4n) is 2.87. The standard InChI is InChI=1S/C19H22N4O3S/c1-13(12-18(24)21-11-10-14-6-8-15(20)9-7-14)22-19-16-4-2-3-5-17(16)27(25,26)23-19/h2-9,13H,10-12,20H2,1H3,(H,21,24)(H,22,23). The molecule has 0 spiro atoms. The molecule has 1 heterocycles. The Labute approximate surface area is 158 Å². The average Bonchev–Trinajstić information content (AvgIpc) is 2.87. The van der Waals surface area contributed by atoms with Crippen molar-refractivity contribution in [1.82, 2.24) is 10.0 Å². The lowest BCUT2D eigenvalue weighted by Crippen LogP contribution is -2.29. The summed E-state index contributed by atoms with van der Waals surface area (Å²) in [5.41, 5.74) is 7.98. The van der Waals surface area contributed by atoms with Crippen LogP contribution >= 0.6 is 0 Å². The molecule has 27 heavy (non-hydrogen) atoms. The fourth-order valence-corrected chi connectivity index (χ4v) is 4.11. The Kier molecular flexibility index (Phi) is 5.46. The topological polar surface area (TPSA) is 114 Å². The Hall–Kier alpha value is -2.87. The third kappa shape index (κ3) is 4.65.